The Labute approximate surface area is 137 Å². The van der Waals surface area contributed by atoms with Crippen molar-refractivity contribution in [3.63, 3.8) is 0 Å². The number of nitrogens with one attached hydrogen (secondary N) is 1. The quantitative estimate of drug-likeness (QED) is 0.883. The van der Waals surface area contributed by atoms with E-state index in [0.29, 0.717) is 12.4 Å². The monoisotopic (exact) mass is 371 g/mol. The number of alkyl carbamates (subject to hydrolysis) is 1. The highest BCUT2D eigenvalue weighted by atomic mass is 79.9. The third-order valence-corrected chi connectivity index (χ3v) is 3.20. The van der Waals surface area contributed by atoms with Crippen molar-refractivity contribution in [1.29, 1.82) is 0 Å². The lowest BCUT2D eigenvalue weighted by Gasteiger charge is -2.20. The molecule has 8 heteroatoms. The van der Waals surface area contributed by atoms with Crippen LogP contribution in [0.2, 0.25) is 0 Å². The van der Waals surface area contributed by atoms with Crippen LogP contribution in [0.1, 0.15) is 20.8 Å². The fourth-order valence-electron chi connectivity index (χ4n) is 1.85. The molecule has 0 aromatic carbocycles. The van der Waals surface area contributed by atoms with Gasteiger partial charge < -0.3 is 14.8 Å². The summed E-state index contributed by atoms with van der Waals surface area (Å²) < 4.78 is 11.2. The topological polar surface area (TPSA) is 80.8 Å². The Morgan fingerprint density at radius 3 is 2.86 bits per heavy atom. The minimum Gasteiger partial charge on any atom is -0.444 e. The number of rotatable bonds is 3. The molecule has 1 N–H and O–H groups in total. The number of carbonyl (C=O) groups is 2. The third kappa shape index (κ3) is 4.59. The number of nitrogens with zero attached hydrogens (tertiary/aromatic N) is 2. The van der Waals surface area contributed by atoms with Crippen LogP contribution < -0.4 is 10.2 Å². The van der Waals surface area contributed by atoms with E-state index in [1.165, 1.54) is 4.90 Å². The summed E-state index contributed by atoms with van der Waals surface area (Å²) in [7, 11) is 0. The lowest BCUT2D eigenvalue weighted by molar-refractivity contribution is 0.0496. The number of ether oxygens (including phenoxy) is 2. The Morgan fingerprint density at radius 2 is 2.27 bits per heavy atom. The molecule has 1 aromatic heterocycles. The maximum atomic E-state index is 11.9. The van der Waals surface area contributed by atoms with Crippen LogP contribution in [0.5, 0.6) is 0 Å². The van der Waals surface area contributed by atoms with E-state index in [4.69, 9.17) is 9.47 Å². The highest BCUT2D eigenvalue weighted by molar-refractivity contribution is 9.10. The third-order valence-electron chi connectivity index (χ3n) is 2.74. The summed E-state index contributed by atoms with van der Waals surface area (Å²) in [5.41, 5.74) is -0.566. The highest BCUT2D eigenvalue weighted by Gasteiger charge is 2.33. The number of amides is 2. The molecule has 1 saturated heterocycles. The Morgan fingerprint density at radius 1 is 1.55 bits per heavy atom. The second-order valence-corrected chi connectivity index (χ2v) is 6.75. The Kier molecular flexibility index (Phi) is 4.90. The number of aromatic nitrogens is 1. The zero-order valence-corrected chi connectivity index (χ0v) is 14.2. The highest BCUT2D eigenvalue weighted by Crippen LogP contribution is 2.20. The molecule has 7 nitrogen and oxygen atoms in total. The van der Waals surface area contributed by atoms with Crippen LogP contribution in [0.15, 0.2) is 22.8 Å². The summed E-state index contributed by atoms with van der Waals surface area (Å²) in [6.45, 7) is 5.85. The van der Waals surface area contributed by atoms with Gasteiger partial charge in [-0.05, 0) is 48.8 Å². The Bertz CT molecular complexity index is 556. The van der Waals surface area contributed by atoms with Crippen molar-refractivity contribution in [2.45, 2.75) is 32.5 Å². The molecule has 0 bridgehead atoms. The molecule has 22 heavy (non-hydrogen) atoms. The largest absolute Gasteiger partial charge is 0.444 e. The molecule has 0 spiro atoms. The number of hydrogen-bond acceptors (Lipinski definition) is 5. The van der Waals surface area contributed by atoms with Gasteiger partial charge in [-0.2, -0.15) is 0 Å². The smallest absolute Gasteiger partial charge is 0.416 e. The van der Waals surface area contributed by atoms with Crippen molar-refractivity contribution in [2.75, 3.05) is 18.0 Å². The number of cyclic esters (lactones) is 1. The van der Waals surface area contributed by atoms with Crippen LogP contribution in [-0.2, 0) is 9.47 Å². The SMILES string of the molecule is CC(C)(C)OC(=O)NC[C@H]1CN(c2ccc(Br)cn2)C(=O)O1. The van der Waals surface area contributed by atoms with Gasteiger partial charge in [0, 0.05) is 10.7 Å². The lowest BCUT2D eigenvalue weighted by Crippen LogP contribution is -2.38. The summed E-state index contributed by atoms with van der Waals surface area (Å²) in [5.74, 6) is 0.507. The number of pyridine rings is 1. The second-order valence-electron chi connectivity index (χ2n) is 5.83. The zero-order chi connectivity index (χ0) is 16.3. The molecule has 1 fully saturated rings. The second kappa shape index (κ2) is 6.51. The molecule has 0 radical (unpaired) electrons. The zero-order valence-electron chi connectivity index (χ0n) is 12.6. The molecule has 2 amide bonds. The first-order valence-electron chi connectivity index (χ1n) is 6.81. The van der Waals surface area contributed by atoms with Crippen molar-refractivity contribution in [2.24, 2.45) is 0 Å². The number of hydrogen-bond donors (Lipinski definition) is 1. The van der Waals surface area contributed by atoms with Gasteiger partial charge >= 0.3 is 12.2 Å². The standard InChI is InChI=1S/C14H18BrN3O4/c1-14(2,3)22-12(19)17-7-10-8-18(13(20)21-10)11-5-4-9(15)6-16-11/h4-6,10H,7-8H2,1-3H3,(H,17,19)/t10-/m0/s1. The van der Waals surface area contributed by atoms with Gasteiger partial charge in [-0.1, -0.05) is 0 Å². The summed E-state index contributed by atoms with van der Waals surface area (Å²) in [6, 6.07) is 3.51. The minimum atomic E-state index is -0.566. The molecule has 120 valence electrons. The van der Waals surface area contributed by atoms with E-state index in [1.807, 2.05) is 0 Å². The van der Waals surface area contributed by atoms with Gasteiger partial charge in [-0.3, -0.25) is 4.90 Å². The maximum absolute atomic E-state index is 11.9. The lowest BCUT2D eigenvalue weighted by atomic mass is 10.2. The van der Waals surface area contributed by atoms with Crippen molar-refractivity contribution in [3.8, 4) is 0 Å². The van der Waals surface area contributed by atoms with E-state index in [0.717, 1.165) is 4.47 Å². The van der Waals surface area contributed by atoms with Crippen LogP contribution in [0.3, 0.4) is 0 Å². The summed E-state index contributed by atoms with van der Waals surface area (Å²) in [4.78, 5) is 29.0. The van der Waals surface area contributed by atoms with Crippen molar-refractivity contribution >= 4 is 33.9 Å². The first-order chi connectivity index (χ1) is 10.2. The Hall–Kier alpha value is -1.83. The number of halogens is 1. The van der Waals surface area contributed by atoms with Crippen molar-refractivity contribution in [3.05, 3.63) is 22.8 Å². The molecule has 1 aromatic rings. The molecule has 2 rings (SSSR count). The summed E-state index contributed by atoms with van der Waals surface area (Å²) in [6.07, 6.45) is 0.148. The Balaban J connectivity index is 1.87. The van der Waals surface area contributed by atoms with E-state index in [9.17, 15) is 9.59 Å². The minimum absolute atomic E-state index is 0.188. The summed E-state index contributed by atoms with van der Waals surface area (Å²) >= 11 is 3.29. The molecule has 2 heterocycles. The first-order valence-corrected chi connectivity index (χ1v) is 7.60. The summed E-state index contributed by atoms with van der Waals surface area (Å²) in [5, 5.41) is 2.59. The van der Waals surface area contributed by atoms with Gasteiger partial charge in [-0.25, -0.2) is 14.6 Å². The first kappa shape index (κ1) is 16.5. The van der Waals surface area contributed by atoms with Gasteiger partial charge in [0.2, 0.25) is 0 Å². The number of anilines is 1. The van der Waals surface area contributed by atoms with Gasteiger partial charge in [0.25, 0.3) is 0 Å². The predicted molar refractivity (Wildman–Crippen MR) is 83.8 cm³/mol. The van der Waals surface area contributed by atoms with Crippen LogP contribution in [0.25, 0.3) is 0 Å². The van der Waals surface area contributed by atoms with Gasteiger partial charge in [-0.15, -0.1) is 0 Å². The molecule has 1 aliphatic heterocycles. The van der Waals surface area contributed by atoms with Crippen molar-refractivity contribution < 1.29 is 19.1 Å². The van der Waals surface area contributed by atoms with Crippen LogP contribution >= 0.6 is 15.9 Å². The fourth-order valence-corrected chi connectivity index (χ4v) is 2.09. The average molecular weight is 372 g/mol. The van der Waals surface area contributed by atoms with E-state index in [1.54, 1.807) is 39.1 Å². The van der Waals surface area contributed by atoms with E-state index in [2.05, 4.69) is 26.2 Å². The molecule has 0 unspecified atom stereocenters. The van der Waals surface area contributed by atoms with Crippen LogP contribution in [0.4, 0.5) is 15.4 Å². The van der Waals surface area contributed by atoms with Crippen LogP contribution in [-0.4, -0.2) is 42.0 Å². The molecular formula is C14H18BrN3O4. The fraction of sp³-hybridized carbons (Fsp3) is 0.500. The van der Waals surface area contributed by atoms with E-state index >= 15 is 0 Å². The molecular weight excluding hydrogens is 354 g/mol. The average Bonchev–Trinajstić information content (AvgIpc) is 2.77. The molecule has 1 atom stereocenters. The molecule has 0 saturated carbocycles. The van der Waals surface area contributed by atoms with Gasteiger partial charge in [0.05, 0.1) is 13.1 Å². The predicted octanol–water partition coefficient (Wildman–Crippen LogP) is 2.69. The normalized spacial score (nSPS) is 18.1. The maximum Gasteiger partial charge on any atom is 0.416 e. The van der Waals surface area contributed by atoms with Crippen LogP contribution in [0, 0.1) is 0 Å². The van der Waals surface area contributed by atoms with E-state index in [-0.39, 0.29) is 6.54 Å². The molecule has 0 aliphatic carbocycles. The van der Waals surface area contributed by atoms with Gasteiger partial charge in [0.15, 0.2) is 0 Å². The van der Waals surface area contributed by atoms with Gasteiger partial charge in [0.1, 0.15) is 17.5 Å². The molecule has 1 aliphatic rings. The van der Waals surface area contributed by atoms with Crippen molar-refractivity contribution in [1.82, 2.24) is 10.3 Å². The van der Waals surface area contributed by atoms with E-state index < -0.39 is 23.9 Å². The number of carbonyl (C=O) groups excluding carboxylic acids is 2.